The maximum atomic E-state index is 12.8. The molecule has 1 amide bonds. The number of rotatable bonds is 8. The zero-order valence-corrected chi connectivity index (χ0v) is 16.9. The number of aromatic nitrogens is 2. The van der Waals surface area contributed by atoms with Gasteiger partial charge < -0.3 is 10.4 Å². The summed E-state index contributed by atoms with van der Waals surface area (Å²) in [5.41, 5.74) is 0.926. The lowest BCUT2D eigenvalue weighted by atomic mass is 10.2. The van der Waals surface area contributed by atoms with Gasteiger partial charge >= 0.3 is 5.97 Å². The fourth-order valence-corrected chi connectivity index (χ4v) is 3.89. The van der Waals surface area contributed by atoms with Crippen molar-refractivity contribution in [3.8, 4) is 5.69 Å². The number of sulfonamides is 1. The van der Waals surface area contributed by atoms with Crippen molar-refractivity contribution in [3.05, 3.63) is 72.1 Å². The third-order valence-electron chi connectivity index (χ3n) is 4.03. The molecule has 3 N–H and O–H groups in total. The maximum absolute atomic E-state index is 12.8. The van der Waals surface area contributed by atoms with Crippen molar-refractivity contribution in [3.63, 3.8) is 0 Å². The van der Waals surface area contributed by atoms with Gasteiger partial charge in [-0.2, -0.15) is 5.10 Å². The lowest BCUT2D eigenvalue weighted by molar-refractivity contribution is 0.0689. The Balaban J connectivity index is 1.88. The number of hydrogen-bond acceptors (Lipinski definition) is 5. The first-order valence-electron chi connectivity index (χ1n) is 9.10. The summed E-state index contributed by atoms with van der Waals surface area (Å²) in [6.07, 6.45) is 0.473. The molecule has 0 spiro atoms. The van der Waals surface area contributed by atoms with Crippen LogP contribution in [0, 0.1) is 0 Å². The van der Waals surface area contributed by atoms with Gasteiger partial charge in [-0.25, -0.2) is 17.9 Å². The highest BCUT2D eigenvalue weighted by Gasteiger charge is 2.20. The Morgan fingerprint density at radius 1 is 1.03 bits per heavy atom. The van der Waals surface area contributed by atoms with Crippen LogP contribution in [0.3, 0.4) is 0 Å². The van der Waals surface area contributed by atoms with E-state index in [-0.39, 0.29) is 17.1 Å². The van der Waals surface area contributed by atoms with Crippen molar-refractivity contribution in [1.82, 2.24) is 9.78 Å². The van der Waals surface area contributed by atoms with Crippen LogP contribution >= 0.6 is 0 Å². The van der Waals surface area contributed by atoms with Gasteiger partial charge in [-0.05, 0) is 36.8 Å². The highest BCUT2D eigenvalue weighted by atomic mass is 32.2. The number of carboxylic acid groups (broad SMARTS) is 1. The van der Waals surface area contributed by atoms with Gasteiger partial charge in [-0.15, -0.1) is 0 Å². The molecular formula is C20H20N4O5S. The number of aromatic carboxylic acids is 1. The third-order valence-corrected chi connectivity index (χ3v) is 5.52. The van der Waals surface area contributed by atoms with Crippen molar-refractivity contribution in [2.75, 3.05) is 15.8 Å². The number of carbonyl (C=O) groups is 2. The Kier molecular flexibility index (Phi) is 6.17. The van der Waals surface area contributed by atoms with Gasteiger partial charge in [0, 0.05) is 11.8 Å². The van der Waals surface area contributed by atoms with E-state index in [1.807, 2.05) is 0 Å². The van der Waals surface area contributed by atoms with Gasteiger partial charge in [-0.3, -0.25) is 9.52 Å². The third kappa shape index (κ3) is 5.03. The molecule has 3 aromatic rings. The van der Waals surface area contributed by atoms with Gasteiger partial charge in [0.2, 0.25) is 10.0 Å². The molecule has 0 aliphatic rings. The Labute approximate surface area is 173 Å². The van der Waals surface area contributed by atoms with E-state index in [0.29, 0.717) is 23.5 Å². The minimum absolute atomic E-state index is 0.0161. The first kappa shape index (κ1) is 21.1. The fraction of sp³-hybridized carbons (Fsp3) is 0.150. The number of hydrogen-bond donors (Lipinski definition) is 3. The van der Waals surface area contributed by atoms with E-state index in [9.17, 15) is 23.1 Å². The summed E-state index contributed by atoms with van der Waals surface area (Å²) < 4.78 is 27.6. The maximum Gasteiger partial charge on any atom is 0.356 e. The van der Waals surface area contributed by atoms with Crippen molar-refractivity contribution in [2.45, 2.75) is 13.3 Å². The molecular weight excluding hydrogens is 408 g/mol. The number of nitrogens with zero attached hydrogens (tertiary/aromatic N) is 2. The monoisotopic (exact) mass is 428 g/mol. The van der Waals surface area contributed by atoms with E-state index >= 15 is 0 Å². The van der Waals surface area contributed by atoms with E-state index in [1.165, 1.54) is 16.8 Å². The lowest BCUT2D eigenvalue weighted by Crippen LogP contribution is -2.18. The fourth-order valence-electron chi connectivity index (χ4n) is 2.77. The zero-order valence-electron chi connectivity index (χ0n) is 16.1. The van der Waals surface area contributed by atoms with E-state index in [0.717, 1.165) is 0 Å². The Bertz CT molecular complexity index is 1170. The molecule has 1 aromatic heterocycles. The van der Waals surface area contributed by atoms with Crippen LogP contribution in [-0.4, -0.2) is 40.9 Å². The van der Waals surface area contributed by atoms with Gasteiger partial charge in [0.1, 0.15) is 5.69 Å². The number of anilines is 2. The van der Waals surface area contributed by atoms with Crippen molar-refractivity contribution >= 4 is 33.3 Å². The quantitative estimate of drug-likeness (QED) is 0.506. The first-order chi connectivity index (χ1) is 14.3. The minimum Gasteiger partial charge on any atom is -0.476 e. The predicted octanol–water partition coefficient (Wildman–Crippen LogP) is 2.97. The lowest BCUT2D eigenvalue weighted by Gasteiger charge is -2.11. The normalized spacial score (nSPS) is 11.1. The van der Waals surface area contributed by atoms with Gasteiger partial charge in [0.15, 0.2) is 5.69 Å². The van der Waals surface area contributed by atoms with Crippen molar-refractivity contribution in [2.24, 2.45) is 0 Å². The van der Waals surface area contributed by atoms with Crippen LogP contribution in [-0.2, 0) is 10.0 Å². The van der Waals surface area contributed by atoms with E-state index in [4.69, 9.17) is 0 Å². The van der Waals surface area contributed by atoms with Crippen molar-refractivity contribution < 1.29 is 23.1 Å². The zero-order chi connectivity index (χ0) is 21.7. The molecule has 0 fully saturated rings. The summed E-state index contributed by atoms with van der Waals surface area (Å²) in [5, 5.41) is 15.9. The van der Waals surface area contributed by atoms with Crippen LogP contribution in [0.2, 0.25) is 0 Å². The summed E-state index contributed by atoms with van der Waals surface area (Å²) in [4.78, 5) is 24.2. The molecule has 0 unspecified atom stereocenters. The summed E-state index contributed by atoms with van der Waals surface area (Å²) in [5.74, 6) is -1.86. The Morgan fingerprint density at radius 2 is 1.73 bits per heavy atom. The molecule has 1 heterocycles. The molecule has 3 rings (SSSR count). The number of nitrogens with one attached hydrogen (secondary N) is 2. The van der Waals surface area contributed by atoms with E-state index in [1.54, 1.807) is 55.5 Å². The molecule has 0 saturated carbocycles. The summed E-state index contributed by atoms with van der Waals surface area (Å²) in [7, 11) is -3.47. The average molecular weight is 428 g/mol. The molecule has 156 valence electrons. The molecule has 2 aromatic carbocycles. The van der Waals surface area contributed by atoms with Gasteiger partial charge in [0.05, 0.1) is 17.1 Å². The second kappa shape index (κ2) is 8.78. The molecule has 30 heavy (non-hydrogen) atoms. The molecule has 0 aliphatic heterocycles. The second-order valence-corrected chi connectivity index (χ2v) is 8.27. The van der Waals surface area contributed by atoms with Crippen LogP contribution in [0.1, 0.15) is 34.3 Å². The molecule has 0 saturated heterocycles. The first-order valence-corrected chi connectivity index (χ1v) is 10.7. The Hall–Kier alpha value is -3.66. The van der Waals surface area contributed by atoms with Crippen LogP contribution < -0.4 is 10.0 Å². The summed E-state index contributed by atoms with van der Waals surface area (Å²) in [6.45, 7) is 1.76. The smallest absolute Gasteiger partial charge is 0.356 e. The molecule has 0 bridgehead atoms. The Morgan fingerprint density at radius 3 is 2.40 bits per heavy atom. The summed E-state index contributed by atoms with van der Waals surface area (Å²) >= 11 is 0. The highest BCUT2D eigenvalue weighted by molar-refractivity contribution is 7.92. The second-order valence-electron chi connectivity index (χ2n) is 6.42. The van der Waals surface area contributed by atoms with Crippen LogP contribution in [0.25, 0.3) is 5.69 Å². The molecule has 0 radical (unpaired) electrons. The number of benzene rings is 2. The van der Waals surface area contributed by atoms with Crippen LogP contribution in [0.5, 0.6) is 0 Å². The van der Waals surface area contributed by atoms with Gasteiger partial charge in [0.25, 0.3) is 5.91 Å². The minimum atomic E-state index is -3.47. The highest BCUT2D eigenvalue weighted by Crippen LogP contribution is 2.19. The predicted molar refractivity (Wildman–Crippen MR) is 113 cm³/mol. The van der Waals surface area contributed by atoms with Crippen LogP contribution in [0.4, 0.5) is 11.4 Å². The van der Waals surface area contributed by atoms with E-state index < -0.39 is 21.9 Å². The number of carbonyl (C=O) groups excluding carboxylic acids is 1. The number of amides is 1. The molecule has 0 aliphatic carbocycles. The summed E-state index contributed by atoms with van der Waals surface area (Å²) in [6, 6.07) is 16.1. The largest absolute Gasteiger partial charge is 0.476 e. The van der Waals surface area contributed by atoms with Crippen molar-refractivity contribution in [1.29, 1.82) is 0 Å². The number of para-hydroxylation sites is 1. The molecule has 0 atom stereocenters. The SMILES string of the molecule is CCCS(=O)(=O)Nc1cccc(NC(=O)c2cc(C(=O)O)nn2-c2ccccc2)c1. The topological polar surface area (TPSA) is 130 Å². The standard InChI is InChI=1S/C20H20N4O5S/c1-2-11-30(28,29)23-15-8-6-7-14(12-15)21-19(25)18-13-17(20(26)27)22-24(18)16-9-4-3-5-10-16/h3-10,12-13,23H,2,11H2,1H3,(H,21,25)(H,26,27). The number of carboxylic acids is 1. The molecule has 10 heteroatoms. The van der Waals surface area contributed by atoms with E-state index in [2.05, 4.69) is 15.1 Å². The average Bonchev–Trinajstić information content (AvgIpc) is 3.14. The molecule has 9 nitrogen and oxygen atoms in total. The van der Waals surface area contributed by atoms with Gasteiger partial charge in [-0.1, -0.05) is 31.2 Å². The van der Waals surface area contributed by atoms with Crippen LogP contribution in [0.15, 0.2) is 60.7 Å².